The number of methoxy groups -OCH3 is 1. The van der Waals surface area contributed by atoms with Crippen molar-refractivity contribution in [2.24, 2.45) is 0 Å². The number of likely N-dealkylation sites (tertiary alicyclic amines) is 1. The van der Waals surface area contributed by atoms with Crippen LogP contribution in [0.2, 0.25) is 0 Å². The molecule has 1 N–H and O–H groups in total. The third-order valence-electron chi connectivity index (χ3n) is 4.18. The Labute approximate surface area is 127 Å². The molecule has 1 saturated heterocycles. The van der Waals surface area contributed by atoms with Crippen LogP contribution in [0, 0.1) is 0 Å². The molecule has 0 spiro atoms. The molecule has 1 fully saturated rings. The molecule has 4 nitrogen and oxygen atoms in total. The Morgan fingerprint density at radius 3 is 3.05 bits per heavy atom. The van der Waals surface area contributed by atoms with Gasteiger partial charge in [-0.25, -0.2) is 0 Å². The molecule has 0 radical (unpaired) electrons. The normalized spacial score (nSPS) is 19.2. The largest absolute Gasteiger partial charge is 0.497 e. The van der Waals surface area contributed by atoms with Crippen LogP contribution in [0.3, 0.4) is 0 Å². The summed E-state index contributed by atoms with van der Waals surface area (Å²) >= 11 is 0. The Morgan fingerprint density at radius 2 is 2.29 bits per heavy atom. The van der Waals surface area contributed by atoms with Gasteiger partial charge < -0.3 is 15.0 Å². The van der Waals surface area contributed by atoms with Crippen molar-refractivity contribution >= 4 is 5.91 Å². The number of rotatable bonds is 6. The second kappa shape index (κ2) is 8.03. The summed E-state index contributed by atoms with van der Waals surface area (Å²) in [6.07, 6.45) is 4.96. The fourth-order valence-corrected chi connectivity index (χ4v) is 2.84. The number of carbonyl (C=O) groups excluding carboxylic acids is 1. The van der Waals surface area contributed by atoms with Crippen molar-refractivity contribution in [1.29, 1.82) is 0 Å². The van der Waals surface area contributed by atoms with Crippen LogP contribution in [-0.2, 0) is 0 Å². The zero-order chi connectivity index (χ0) is 15.1. The second-order valence-electron chi connectivity index (χ2n) is 5.72. The van der Waals surface area contributed by atoms with Crippen molar-refractivity contribution in [2.45, 2.75) is 38.6 Å². The van der Waals surface area contributed by atoms with Crippen molar-refractivity contribution in [3.05, 3.63) is 29.8 Å². The van der Waals surface area contributed by atoms with Gasteiger partial charge in [-0.05, 0) is 50.9 Å². The first-order valence-electron chi connectivity index (χ1n) is 7.87. The number of ether oxygens (including phenoxy) is 1. The second-order valence-corrected chi connectivity index (χ2v) is 5.72. The Hall–Kier alpha value is -1.55. The topological polar surface area (TPSA) is 41.6 Å². The lowest BCUT2D eigenvalue weighted by Crippen LogP contribution is -2.39. The van der Waals surface area contributed by atoms with E-state index in [2.05, 4.69) is 17.1 Å². The lowest BCUT2D eigenvalue weighted by Gasteiger charge is -2.33. The van der Waals surface area contributed by atoms with E-state index in [1.807, 2.05) is 18.2 Å². The summed E-state index contributed by atoms with van der Waals surface area (Å²) in [4.78, 5) is 14.6. The average molecular weight is 290 g/mol. The first kappa shape index (κ1) is 15.8. The van der Waals surface area contributed by atoms with Gasteiger partial charge in [0.1, 0.15) is 5.75 Å². The summed E-state index contributed by atoms with van der Waals surface area (Å²) in [7, 11) is 1.61. The van der Waals surface area contributed by atoms with Gasteiger partial charge in [0.2, 0.25) is 0 Å². The smallest absolute Gasteiger partial charge is 0.251 e. The predicted molar refractivity (Wildman–Crippen MR) is 84.8 cm³/mol. The van der Waals surface area contributed by atoms with Crippen LogP contribution in [0.15, 0.2) is 24.3 Å². The van der Waals surface area contributed by atoms with Gasteiger partial charge in [-0.2, -0.15) is 0 Å². The molecule has 1 aromatic carbocycles. The van der Waals surface area contributed by atoms with Gasteiger partial charge in [-0.1, -0.05) is 12.5 Å². The van der Waals surface area contributed by atoms with E-state index in [0.29, 0.717) is 17.4 Å². The number of hydrogen-bond donors (Lipinski definition) is 1. The molecule has 21 heavy (non-hydrogen) atoms. The standard InChI is InChI=1S/C17H26N2O2/c1-14-7-3-4-11-19(14)12-6-10-18-17(20)15-8-5-9-16(13-15)21-2/h5,8-9,13-14H,3-4,6-7,10-12H2,1-2H3,(H,18,20)/t14-/m1/s1. The summed E-state index contributed by atoms with van der Waals surface area (Å²) < 4.78 is 5.14. The van der Waals surface area contributed by atoms with Crippen LogP contribution in [0.5, 0.6) is 5.75 Å². The van der Waals surface area contributed by atoms with Crippen molar-refractivity contribution in [3.63, 3.8) is 0 Å². The number of benzene rings is 1. The fourth-order valence-electron chi connectivity index (χ4n) is 2.84. The minimum atomic E-state index is -0.0272. The molecule has 0 aliphatic carbocycles. The monoisotopic (exact) mass is 290 g/mol. The Morgan fingerprint density at radius 1 is 1.43 bits per heavy atom. The molecule has 1 aliphatic heterocycles. The molecule has 1 amide bonds. The number of nitrogens with zero attached hydrogens (tertiary/aromatic N) is 1. The molecule has 116 valence electrons. The first-order chi connectivity index (χ1) is 10.2. The van der Waals surface area contributed by atoms with E-state index < -0.39 is 0 Å². The number of piperidine rings is 1. The summed E-state index contributed by atoms with van der Waals surface area (Å²) in [6, 6.07) is 7.94. The summed E-state index contributed by atoms with van der Waals surface area (Å²) in [5, 5.41) is 2.98. The Balaban J connectivity index is 1.71. The van der Waals surface area contributed by atoms with Gasteiger partial charge >= 0.3 is 0 Å². The lowest BCUT2D eigenvalue weighted by atomic mass is 10.0. The van der Waals surface area contributed by atoms with Crippen LogP contribution in [0.25, 0.3) is 0 Å². The van der Waals surface area contributed by atoms with Gasteiger partial charge in [0.15, 0.2) is 0 Å². The molecule has 1 heterocycles. The lowest BCUT2D eigenvalue weighted by molar-refractivity contribution is 0.0948. The summed E-state index contributed by atoms with van der Waals surface area (Å²) in [5.74, 6) is 0.686. The number of amides is 1. The minimum absolute atomic E-state index is 0.0272. The van der Waals surface area contributed by atoms with Crippen LogP contribution in [0.4, 0.5) is 0 Å². The van der Waals surface area contributed by atoms with Gasteiger partial charge in [-0.3, -0.25) is 4.79 Å². The molecule has 0 bridgehead atoms. The highest BCUT2D eigenvalue weighted by Crippen LogP contribution is 2.16. The highest BCUT2D eigenvalue weighted by atomic mass is 16.5. The molecule has 1 aliphatic rings. The third-order valence-corrected chi connectivity index (χ3v) is 4.18. The Kier molecular flexibility index (Phi) is 6.05. The van der Waals surface area contributed by atoms with Gasteiger partial charge in [0.05, 0.1) is 7.11 Å². The molecule has 0 unspecified atom stereocenters. The molecule has 1 atom stereocenters. The third kappa shape index (κ3) is 4.74. The summed E-state index contributed by atoms with van der Waals surface area (Å²) in [6.45, 7) is 5.29. The van der Waals surface area contributed by atoms with E-state index in [1.54, 1.807) is 13.2 Å². The van der Waals surface area contributed by atoms with E-state index in [4.69, 9.17) is 4.74 Å². The predicted octanol–water partition coefficient (Wildman–Crippen LogP) is 2.69. The summed E-state index contributed by atoms with van der Waals surface area (Å²) in [5.41, 5.74) is 0.653. The average Bonchev–Trinajstić information content (AvgIpc) is 2.53. The van der Waals surface area contributed by atoms with Gasteiger partial charge in [0, 0.05) is 24.7 Å². The van der Waals surface area contributed by atoms with Crippen molar-refractivity contribution in [1.82, 2.24) is 10.2 Å². The van der Waals surface area contributed by atoms with Crippen LogP contribution >= 0.6 is 0 Å². The fraction of sp³-hybridized carbons (Fsp3) is 0.588. The zero-order valence-electron chi connectivity index (χ0n) is 13.1. The molecule has 1 aromatic rings. The first-order valence-corrected chi connectivity index (χ1v) is 7.87. The highest BCUT2D eigenvalue weighted by Gasteiger charge is 2.17. The quantitative estimate of drug-likeness (QED) is 0.819. The molecule has 0 aromatic heterocycles. The molecule has 0 saturated carbocycles. The van der Waals surface area contributed by atoms with Crippen molar-refractivity contribution in [2.75, 3.05) is 26.7 Å². The molecular weight excluding hydrogens is 264 g/mol. The maximum atomic E-state index is 12.0. The van der Waals surface area contributed by atoms with E-state index in [-0.39, 0.29) is 5.91 Å². The number of hydrogen-bond acceptors (Lipinski definition) is 3. The van der Waals surface area contributed by atoms with Crippen LogP contribution < -0.4 is 10.1 Å². The maximum Gasteiger partial charge on any atom is 0.251 e. The molecule has 4 heteroatoms. The van der Waals surface area contributed by atoms with Crippen LogP contribution in [-0.4, -0.2) is 43.6 Å². The van der Waals surface area contributed by atoms with Crippen LogP contribution in [0.1, 0.15) is 43.0 Å². The number of carbonyl (C=O) groups is 1. The van der Waals surface area contributed by atoms with E-state index >= 15 is 0 Å². The van der Waals surface area contributed by atoms with E-state index in [0.717, 1.165) is 19.5 Å². The van der Waals surface area contributed by atoms with Gasteiger partial charge in [0.25, 0.3) is 5.91 Å². The molecular formula is C17H26N2O2. The number of nitrogens with one attached hydrogen (secondary N) is 1. The highest BCUT2D eigenvalue weighted by molar-refractivity contribution is 5.94. The van der Waals surface area contributed by atoms with Crippen molar-refractivity contribution in [3.8, 4) is 5.75 Å². The SMILES string of the molecule is COc1cccc(C(=O)NCCCN2CCCC[C@H]2C)c1. The van der Waals surface area contributed by atoms with E-state index in [1.165, 1.54) is 25.8 Å². The van der Waals surface area contributed by atoms with E-state index in [9.17, 15) is 4.79 Å². The molecule has 2 rings (SSSR count). The Bertz CT molecular complexity index is 462. The zero-order valence-corrected chi connectivity index (χ0v) is 13.1. The van der Waals surface area contributed by atoms with Crippen molar-refractivity contribution < 1.29 is 9.53 Å². The van der Waals surface area contributed by atoms with Gasteiger partial charge in [-0.15, -0.1) is 0 Å². The minimum Gasteiger partial charge on any atom is -0.497 e. The maximum absolute atomic E-state index is 12.0.